The largest absolute Gasteiger partial charge is 0.371 e. The van der Waals surface area contributed by atoms with Crippen LogP contribution in [0.1, 0.15) is 31.4 Å². The Morgan fingerprint density at radius 1 is 1.32 bits per heavy atom. The third kappa shape index (κ3) is 3.90. The summed E-state index contributed by atoms with van der Waals surface area (Å²) in [6.07, 6.45) is 1.26. The summed E-state index contributed by atoms with van der Waals surface area (Å²) in [5.41, 5.74) is 4.18. The highest BCUT2D eigenvalue weighted by Crippen LogP contribution is 2.32. The maximum Gasteiger partial charge on any atom is 0.0369 e. The molecule has 1 N–H and O–H groups in total. The quantitative estimate of drug-likeness (QED) is 0.912. The number of anilines is 1. The van der Waals surface area contributed by atoms with Gasteiger partial charge in [-0.15, -0.1) is 0 Å². The van der Waals surface area contributed by atoms with Gasteiger partial charge < -0.3 is 10.2 Å². The molecular weight excluding hydrogens is 252 g/mol. The standard InChI is InChI=1S/C16H26N2S/c1-13-11-15(6-5-14(13)12-17-4)18-8-7-16(2,3)19-10-9-18/h5-6,11,17H,7-10,12H2,1-4H3. The van der Waals surface area contributed by atoms with Crippen LogP contribution in [-0.4, -0.2) is 30.6 Å². The second-order valence-electron chi connectivity index (χ2n) is 5.99. The number of nitrogens with one attached hydrogen (secondary N) is 1. The molecule has 1 aliphatic rings. The van der Waals surface area contributed by atoms with Crippen LogP contribution in [0.2, 0.25) is 0 Å². The van der Waals surface area contributed by atoms with E-state index in [-0.39, 0.29) is 0 Å². The second kappa shape index (κ2) is 6.19. The lowest BCUT2D eigenvalue weighted by atomic mass is 10.1. The molecule has 0 amide bonds. The molecule has 1 saturated heterocycles. The Labute approximate surface area is 122 Å². The SMILES string of the molecule is CNCc1ccc(N2CCSC(C)(C)CC2)cc1C. The van der Waals surface area contributed by atoms with Gasteiger partial charge in [0.25, 0.3) is 0 Å². The van der Waals surface area contributed by atoms with Gasteiger partial charge in [0.1, 0.15) is 0 Å². The van der Waals surface area contributed by atoms with Crippen LogP contribution in [-0.2, 0) is 6.54 Å². The topological polar surface area (TPSA) is 15.3 Å². The number of benzene rings is 1. The number of nitrogens with zero attached hydrogens (tertiary/aromatic N) is 1. The van der Waals surface area contributed by atoms with Gasteiger partial charge in [0.2, 0.25) is 0 Å². The zero-order valence-electron chi connectivity index (χ0n) is 12.6. The Kier molecular flexibility index (Phi) is 4.80. The monoisotopic (exact) mass is 278 g/mol. The number of rotatable bonds is 3. The summed E-state index contributed by atoms with van der Waals surface area (Å²) >= 11 is 2.10. The fourth-order valence-corrected chi connectivity index (χ4v) is 3.64. The van der Waals surface area contributed by atoms with E-state index in [0.717, 1.165) is 6.54 Å². The molecule has 0 bridgehead atoms. The van der Waals surface area contributed by atoms with Crippen molar-refractivity contribution in [2.75, 3.05) is 30.8 Å². The van der Waals surface area contributed by atoms with Gasteiger partial charge in [0.05, 0.1) is 0 Å². The minimum absolute atomic E-state index is 0.426. The van der Waals surface area contributed by atoms with Gasteiger partial charge in [-0.3, -0.25) is 0 Å². The summed E-state index contributed by atoms with van der Waals surface area (Å²) in [6, 6.07) is 6.89. The minimum Gasteiger partial charge on any atom is -0.371 e. The zero-order chi connectivity index (χ0) is 13.9. The van der Waals surface area contributed by atoms with E-state index in [4.69, 9.17) is 0 Å². The predicted molar refractivity (Wildman–Crippen MR) is 87.3 cm³/mol. The maximum atomic E-state index is 3.23. The van der Waals surface area contributed by atoms with Gasteiger partial charge in [0, 0.05) is 35.8 Å². The molecule has 1 aromatic rings. The number of hydrogen-bond donors (Lipinski definition) is 1. The summed E-state index contributed by atoms with van der Waals surface area (Å²) in [5.74, 6) is 1.23. The van der Waals surface area contributed by atoms with E-state index in [1.807, 2.05) is 7.05 Å². The van der Waals surface area contributed by atoms with Gasteiger partial charge in [0.15, 0.2) is 0 Å². The Hall–Kier alpha value is -0.670. The van der Waals surface area contributed by atoms with Crippen LogP contribution in [0, 0.1) is 6.92 Å². The van der Waals surface area contributed by atoms with Crippen LogP contribution in [0.25, 0.3) is 0 Å². The fourth-order valence-electron chi connectivity index (χ4n) is 2.54. The number of thioether (sulfide) groups is 1. The van der Waals surface area contributed by atoms with E-state index >= 15 is 0 Å². The van der Waals surface area contributed by atoms with Crippen LogP contribution in [0.3, 0.4) is 0 Å². The molecule has 0 aliphatic carbocycles. The summed E-state index contributed by atoms with van der Waals surface area (Å²) in [5, 5.41) is 3.23. The van der Waals surface area contributed by atoms with E-state index in [0.29, 0.717) is 4.75 Å². The molecule has 1 aromatic carbocycles. The van der Waals surface area contributed by atoms with Crippen molar-refractivity contribution in [3.63, 3.8) is 0 Å². The third-order valence-corrected chi connectivity index (χ3v) is 5.27. The number of aryl methyl sites for hydroxylation is 1. The lowest BCUT2D eigenvalue weighted by Gasteiger charge is -2.25. The van der Waals surface area contributed by atoms with Crippen molar-refractivity contribution >= 4 is 17.4 Å². The average molecular weight is 278 g/mol. The Morgan fingerprint density at radius 3 is 2.79 bits per heavy atom. The molecule has 0 saturated carbocycles. The molecule has 0 aromatic heterocycles. The van der Waals surface area contributed by atoms with E-state index in [1.165, 1.54) is 42.1 Å². The smallest absolute Gasteiger partial charge is 0.0369 e. The molecule has 0 unspecified atom stereocenters. The van der Waals surface area contributed by atoms with Crippen LogP contribution in [0.4, 0.5) is 5.69 Å². The molecule has 1 fully saturated rings. The van der Waals surface area contributed by atoms with Crippen molar-refractivity contribution in [1.82, 2.24) is 5.32 Å². The highest BCUT2D eigenvalue weighted by Gasteiger charge is 2.23. The van der Waals surface area contributed by atoms with Crippen molar-refractivity contribution in [2.45, 2.75) is 38.5 Å². The summed E-state index contributed by atoms with van der Waals surface area (Å²) < 4.78 is 0.426. The van der Waals surface area contributed by atoms with Gasteiger partial charge >= 0.3 is 0 Å². The first-order chi connectivity index (χ1) is 9.02. The molecule has 0 radical (unpaired) electrons. The van der Waals surface area contributed by atoms with Gasteiger partial charge in [-0.2, -0.15) is 11.8 Å². The average Bonchev–Trinajstić information content (AvgIpc) is 2.53. The first-order valence-electron chi connectivity index (χ1n) is 7.15. The summed E-state index contributed by atoms with van der Waals surface area (Å²) in [4.78, 5) is 2.54. The van der Waals surface area contributed by atoms with Crippen LogP contribution in [0.15, 0.2) is 18.2 Å². The Bertz CT molecular complexity index is 429. The Balaban J connectivity index is 2.11. The first kappa shape index (κ1) is 14.7. The Morgan fingerprint density at radius 2 is 2.11 bits per heavy atom. The second-order valence-corrected chi connectivity index (χ2v) is 7.79. The van der Waals surface area contributed by atoms with Crippen LogP contribution in [0.5, 0.6) is 0 Å². The van der Waals surface area contributed by atoms with Crippen molar-refractivity contribution in [3.05, 3.63) is 29.3 Å². The van der Waals surface area contributed by atoms with Crippen LogP contribution >= 0.6 is 11.8 Å². The molecule has 3 heteroatoms. The summed E-state index contributed by atoms with van der Waals surface area (Å²) in [7, 11) is 2.00. The normalized spacial score (nSPS) is 19.3. The molecule has 106 valence electrons. The van der Waals surface area contributed by atoms with Crippen LogP contribution < -0.4 is 10.2 Å². The lowest BCUT2D eigenvalue weighted by molar-refractivity contribution is 0.637. The highest BCUT2D eigenvalue weighted by molar-refractivity contribution is 8.00. The molecule has 0 atom stereocenters. The minimum atomic E-state index is 0.426. The highest BCUT2D eigenvalue weighted by atomic mass is 32.2. The van der Waals surface area contributed by atoms with E-state index in [9.17, 15) is 0 Å². The van der Waals surface area contributed by atoms with Crippen molar-refractivity contribution in [1.29, 1.82) is 0 Å². The van der Waals surface area contributed by atoms with E-state index in [1.54, 1.807) is 0 Å². The maximum absolute atomic E-state index is 3.23. The third-order valence-electron chi connectivity index (χ3n) is 3.90. The lowest BCUT2D eigenvalue weighted by Crippen LogP contribution is -2.27. The fraction of sp³-hybridized carbons (Fsp3) is 0.625. The van der Waals surface area contributed by atoms with E-state index < -0.39 is 0 Å². The number of hydrogen-bond acceptors (Lipinski definition) is 3. The molecule has 2 nitrogen and oxygen atoms in total. The van der Waals surface area contributed by atoms with Crippen molar-refractivity contribution in [3.8, 4) is 0 Å². The van der Waals surface area contributed by atoms with Gasteiger partial charge in [-0.1, -0.05) is 19.9 Å². The predicted octanol–water partition coefficient (Wildman–Crippen LogP) is 3.44. The van der Waals surface area contributed by atoms with Gasteiger partial charge in [-0.05, 0) is 43.7 Å². The molecule has 19 heavy (non-hydrogen) atoms. The molecule has 0 spiro atoms. The van der Waals surface area contributed by atoms with Crippen molar-refractivity contribution in [2.24, 2.45) is 0 Å². The van der Waals surface area contributed by atoms with Gasteiger partial charge in [-0.25, -0.2) is 0 Å². The first-order valence-corrected chi connectivity index (χ1v) is 8.13. The van der Waals surface area contributed by atoms with Crippen molar-refractivity contribution < 1.29 is 0 Å². The molecule has 1 aliphatic heterocycles. The summed E-state index contributed by atoms with van der Waals surface area (Å²) in [6.45, 7) is 10.2. The molecular formula is C16H26N2S. The molecule has 1 heterocycles. The molecule has 2 rings (SSSR count). The van der Waals surface area contributed by atoms with E-state index in [2.05, 4.69) is 60.9 Å². The zero-order valence-corrected chi connectivity index (χ0v) is 13.4.